The second-order valence-corrected chi connectivity index (χ2v) is 7.45. The summed E-state index contributed by atoms with van der Waals surface area (Å²) in [6.45, 7) is 1.84. The number of nitrogens with zero attached hydrogens (tertiary/aromatic N) is 2. The fraction of sp³-hybridized carbons (Fsp3) is 0.174. The predicted octanol–water partition coefficient (Wildman–Crippen LogP) is 4.27. The molecule has 0 saturated carbocycles. The summed E-state index contributed by atoms with van der Waals surface area (Å²) in [4.78, 5) is 31.5. The minimum absolute atomic E-state index is 0.0698. The van der Waals surface area contributed by atoms with E-state index in [4.69, 9.17) is 20.8 Å². The van der Waals surface area contributed by atoms with Gasteiger partial charge in [-0.05, 0) is 49.4 Å². The van der Waals surface area contributed by atoms with Gasteiger partial charge in [-0.2, -0.15) is 0 Å². The summed E-state index contributed by atoms with van der Waals surface area (Å²) in [5, 5.41) is 11.4. The highest BCUT2D eigenvalue weighted by Crippen LogP contribution is 2.41. The molecule has 4 rings (SSSR count). The SMILES string of the molecule is COc1cc(/C(O)=C2/C(=O)C(=O)N(Cc3ccccn3)C2c2ccc(C)o2)ccc1Cl. The molecule has 7 nitrogen and oxygen atoms in total. The zero-order valence-electron chi connectivity index (χ0n) is 16.8. The number of aromatic nitrogens is 1. The molecular formula is C23H19ClN2O5. The number of amides is 1. The highest BCUT2D eigenvalue weighted by Gasteiger charge is 2.47. The summed E-state index contributed by atoms with van der Waals surface area (Å²) < 4.78 is 11.0. The van der Waals surface area contributed by atoms with Crippen LogP contribution in [0, 0.1) is 6.92 Å². The molecule has 1 saturated heterocycles. The number of aryl methyl sites for hydroxylation is 1. The van der Waals surface area contributed by atoms with Crippen molar-refractivity contribution in [2.45, 2.75) is 19.5 Å². The van der Waals surface area contributed by atoms with Gasteiger partial charge in [0.2, 0.25) is 0 Å². The number of benzene rings is 1. The van der Waals surface area contributed by atoms with Crippen LogP contribution in [0.5, 0.6) is 5.75 Å². The van der Waals surface area contributed by atoms with Crippen molar-refractivity contribution in [2.75, 3.05) is 7.11 Å². The molecule has 0 bridgehead atoms. The Morgan fingerprint density at radius 3 is 2.68 bits per heavy atom. The van der Waals surface area contributed by atoms with Crippen LogP contribution in [0.25, 0.3) is 5.76 Å². The number of methoxy groups -OCH3 is 1. The molecule has 2 aromatic heterocycles. The van der Waals surface area contributed by atoms with E-state index in [9.17, 15) is 14.7 Å². The van der Waals surface area contributed by atoms with Gasteiger partial charge >= 0.3 is 0 Å². The second-order valence-electron chi connectivity index (χ2n) is 7.05. The lowest BCUT2D eigenvalue weighted by molar-refractivity contribution is -0.140. The van der Waals surface area contributed by atoms with Crippen molar-refractivity contribution in [3.05, 3.63) is 88.1 Å². The van der Waals surface area contributed by atoms with E-state index in [0.717, 1.165) is 0 Å². The molecule has 0 aliphatic carbocycles. The Bertz CT molecular complexity index is 1190. The molecule has 1 aliphatic rings. The van der Waals surface area contributed by atoms with Crippen molar-refractivity contribution in [2.24, 2.45) is 0 Å². The van der Waals surface area contributed by atoms with Gasteiger partial charge < -0.3 is 19.2 Å². The molecule has 158 valence electrons. The third-order valence-corrected chi connectivity index (χ3v) is 5.37. The van der Waals surface area contributed by atoms with Crippen LogP contribution in [-0.2, 0) is 16.1 Å². The van der Waals surface area contributed by atoms with Gasteiger partial charge in [0.15, 0.2) is 0 Å². The smallest absolute Gasteiger partial charge is 0.296 e. The number of carbonyl (C=O) groups excluding carboxylic acids is 2. The monoisotopic (exact) mass is 438 g/mol. The molecule has 8 heteroatoms. The molecule has 1 N–H and O–H groups in total. The van der Waals surface area contributed by atoms with Crippen LogP contribution in [0.15, 0.2) is 64.7 Å². The summed E-state index contributed by atoms with van der Waals surface area (Å²) >= 11 is 6.08. The Balaban J connectivity index is 1.86. The normalized spacial score (nSPS) is 17.9. The van der Waals surface area contributed by atoms with Crippen LogP contribution in [0.3, 0.4) is 0 Å². The maximum absolute atomic E-state index is 13.0. The van der Waals surface area contributed by atoms with Gasteiger partial charge in [-0.15, -0.1) is 0 Å². The van der Waals surface area contributed by atoms with Crippen molar-refractivity contribution in [1.29, 1.82) is 0 Å². The van der Waals surface area contributed by atoms with Gasteiger partial charge in [0, 0.05) is 11.8 Å². The number of aliphatic hydroxyl groups excluding tert-OH is 1. The Morgan fingerprint density at radius 1 is 1.23 bits per heavy atom. The van der Waals surface area contributed by atoms with Crippen LogP contribution in [-0.4, -0.2) is 33.8 Å². The Hall–Kier alpha value is -3.58. The summed E-state index contributed by atoms with van der Waals surface area (Å²) in [7, 11) is 1.45. The van der Waals surface area contributed by atoms with Gasteiger partial charge in [-0.25, -0.2) is 0 Å². The zero-order valence-corrected chi connectivity index (χ0v) is 17.6. The summed E-state index contributed by atoms with van der Waals surface area (Å²) in [6.07, 6.45) is 1.61. The van der Waals surface area contributed by atoms with Gasteiger partial charge in [-0.1, -0.05) is 17.7 Å². The third kappa shape index (κ3) is 3.80. The molecule has 1 aliphatic heterocycles. The molecule has 0 spiro atoms. The van der Waals surface area contributed by atoms with E-state index in [1.54, 1.807) is 55.6 Å². The lowest BCUT2D eigenvalue weighted by Gasteiger charge is -2.23. The number of hydrogen-bond donors (Lipinski definition) is 1. The van der Waals surface area contributed by atoms with Crippen LogP contribution < -0.4 is 4.74 Å². The second kappa shape index (κ2) is 8.28. The lowest BCUT2D eigenvalue weighted by atomic mass is 9.99. The van der Waals surface area contributed by atoms with Crippen molar-refractivity contribution < 1.29 is 23.8 Å². The molecule has 3 heterocycles. The van der Waals surface area contributed by atoms with Gasteiger partial charge in [0.05, 0.1) is 29.9 Å². The fourth-order valence-corrected chi connectivity index (χ4v) is 3.76. The molecule has 0 radical (unpaired) electrons. The molecule has 3 aromatic rings. The number of carbonyl (C=O) groups is 2. The van der Waals surface area contributed by atoms with E-state index >= 15 is 0 Å². The van der Waals surface area contributed by atoms with Crippen molar-refractivity contribution in [3.8, 4) is 5.75 Å². The summed E-state index contributed by atoms with van der Waals surface area (Å²) in [6, 6.07) is 12.4. The largest absolute Gasteiger partial charge is 0.507 e. The molecule has 1 aromatic carbocycles. The Labute approximate surface area is 183 Å². The third-order valence-electron chi connectivity index (χ3n) is 5.05. The number of pyridine rings is 1. The fourth-order valence-electron chi connectivity index (χ4n) is 3.57. The average Bonchev–Trinajstić information content (AvgIpc) is 3.30. The minimum atomic E-state index is -0.905. The topological polar surface area (TPSA) is 92.9 Å². The standard InChI is InChI=1S/C23H19ClN2O5/c1-13-6-9-17(31-13)20-19(21(27)14-7-8-16(24)18(11-14)30-2)22(28)23(29)26(20)12-15-5-3-4-10-25-15/h3-11,20,27H,12H2,1-2H3/b21-19-. The highest BCUT2D eigenvalue weighted by molar-refractivity contribution is 6.46. The average molecular weight is 439 g/mol. The number of ether oxygens (including phenoxy) is 1. The predicted molar refractivity (Wildman–Crippen MR) is 114 cm³/mol. The number of furan rings is 1. The maximum atomic E-state index is 13.0. The highest BCUT2D eigenvalue weighted by atomic mass is 35.5. The van der Waals surface area contributed by atoms with E-state index in [-0.39, 0.29) is 17.9 Å². The number of likely N-dealkylation sites (tertiary alicyclic amines) is 1. The van der Waals surface area contributed by atoms with Gasteiger partial charge in [0.1, 0.15) is 29.1 Å². The molecule has 1 atom stereocenters. The Kier molecular flexibility index (Phi) is 5.52. The molecule has 31 heavy (non-hydrogen) atoms. The number of hydrogen-bond acceptors (Lipinski definition) is 6. The zero-order chi connectivity index (χ0) is 22.1. The minimum Gasteiger partial charge on any atom is -0.507 e. The number of ketones is 1. The number of halogens is 1. The van der Waals surface area contributed by atoms with E-state index in [1.165, 1.54) is 18.1 Å². The van der Waals surface area contributed by atoms with E-state index in [0.29, 0.717) is 33.6 Å². The van der Waals surface area contributed by atoms with Crippen molar-refractivity contribution >= 4 is 29.1 Å². The molecular weight excluding hydrogens is 420 g/mol. The first kappa shape index (κ1) is 20.7. The number of aliphatic hydroxyl groups is 1. The van der Waals surface area contributed by atoms with E-state index in [2.05, 4.69) is 4.98 Å². The van der Waals surface area contributed by atoms with Gasteiger partial charge in [-0.3, -0.25) is 14.6 Å². The van der Waals surface area contributed by atoms with Crippen LogP contribution in [0.4, 0.5) is 0 Å². The van der Waals surface area contributed by atoms with Crippen molar-refractivity contribution in [3.63, 3.8) is 0 Å². The Morgan fingerprint density at radius 2 is 2.03 bits per heavy atom. The first-order valence-corrected chi connectivity index (χ1v) is 9.87. The van der Waals surface area contributed by atoms with Gasteiger partial charge in [0.25, 0.3) is 11.7 Å². The van der Waals surface area contributed by atoms with E-state index in [1.807, 2.05) is 0 Å². The maximum Gasteiger partial charge on any atom is 0.296 e. The molecule has 1 fully saturated rings. The van der Waals surface area contributed by atoms with Crippen LogP contribution in [0.2, 0.25) is 5.02 Å². The molecule has 1 unspecified atom stereocenters. The van der Waals surface area contributed by atoms with Crippen molar-refractivity contribution in [1.82, 2.24) is 9.88 Å². The first-order valence-electron chi connectivity index (χ1n) is 9.49. The first-order chi connectivity index (χ1) is 14.9. The van der Waals surface area contributed by atoms with Crippen LogP contribution >= 0.6 is 11.6 Å². The quantitative estimate of drug-likeness (QED) is 0.363. The van der Waals surface area contributed by atoms with Crippen LogP contribution in [0.1, 0.15) is 28.8 Å². The summed E-state index contributed by atoms with van der Waals surface area (Å²) in [5.74, 6) is -0.565. The molecule has 1 amide bonds. The summed E-state index contributed by atoms with van der Waals surface area (Å²) in [5.41, 5.74) is 0.829. The lowest BCUT2D eigenvalue weighted by Crippen LogP contribution is -2.29. The van der Waals surface area contributed by atoms with E-state index < -0.39 is 17.7 Å². The number of Topliss-reactive ketones (excluding diaryl/α,β-unsaturated/α-hetero) is 1. The number of rotatable bonds is 5.